The van der Waals surface area contributed by atoms with E-state index in [1.165, 1.54) is 5.56 Å². The van der Waals surface area contributed by atoms with E-state index in [2.05, 4.69) is 12.2 Å². The van der Waals surface area contributed by atoms with Crippen LogP contribution in [-0.2, 0) is 4.74 Å². The van der Waals surface area contributed by atoms with Gasteiger partial charge >= 0.3 is 0 Å². The van der Waals surface area contributed by atoms with E-state index in [4.69, 9.17) is 9.15 Å². The summed E-state index contributed by atoms with van der Waals surface area (Å²) >= 11 is 0. The normalized spacial score (nSPS) is 29.3. The van der Waals surface area contributed by atoms with Crippen LogP contribution in [0.2, 0.25) is 0 Å². The van der Waals surface area contributed by atoms with E-state index in [-0.39, 0.29) is 0 Å². The highest BCUT2D eigenvalue weighted by atomic mass is 16.5. The quantitative estimate of drug-likeness (QED) is 0.800. The number of nitrogens with one attached hydrogen (secondary N) is 1. The van der Waals surface area contributed by atoms with Crippen molar-refractivity contribution in [2.45, 2.75) is 25.5 Å². The third kappa shape index (κ3) is 1.83. The molecule has 0 bridgehead atoms. The third-order valence-electron chi connectivity index (χ3n) is 2.91. The molecule has 78 valence electrons. The molecule has 1 aliphatic heterocycles. The molecule has 2 rings (SSSR count). The van der Waals surface area contributed by atoms with E-state index < -0.39 is 0 Å². The summed E-state index contributed by atoms with van der Waals surface area (Å²) in [7, 11) is 1.99. The molecule has 0 aliphatic carbocycles. The van der Waals surface area contributed by atoms with Crippen LogP contribution in [0.4, 0.5) is 0 Å². The van der Waals surface area contributed by atoms with Gasteiger partial charge < -0.3 is 14.5 Å². The second-order valence-corrected chi connectivity index (χ2v) is 3.96. The predicted octanol–water partition coefficient (Wildman–Crippen LogP) is 1.97. The minimum absolute atomic E-state index is 0.360. The van der Waals surface area contributed by atoms with Crippen LogP contribution in [0.25, 0.3) is 0 Å². The van der Waals surface area contributed by atoms with E-state index in [1.54, 1.807) is 6.26 Å². The molecule has 1 aromatic rings. The summed E-state index contributed by atoms with van der Waals surface area (Å²) in [4.78, 5) is 0. The maximum Gasteiger partial charge on any atom is 0.0950 e. The van der Waals surface area contributed by atoms with Crippen LogP contribution in [0.1, 0.15) is 24.9 Å². The molecule has 3 nitrogen and oxygen atoms in total. The Morgan fingerprint density at radius 2 is 2.43 bits per heavy atom. The van der Waals surface area contributed by atoms with Crippen molar-refractivity contribution in [2.75, 3.05) is 13.7 Å². The second kappa shape index (κ2) is 4.15. The Bertz CT molecular complexity index is 271. The van der Waals surface area contributed by atoms with Gasteiger partial charge in [0.2, 0.25) is 0 Å². The lowest BCUT2D eigenvalue weighted by molar-refractivity contribution is 0.117. The largest absolute Gasteiger partial charge is 0.472 e. The van der Waals surface area contributed by atoms with E-state index in [9.17, 15) is 0 Å². The smallest absolute Gasteiger partial charge is 0.0950 e. The van der Waals surface area contributed by atoms with Crippen LogP contribution in [0, 0.1) is 5.92 Å². The Balaban J connectivity index is 2.07. The number of ether oxygens (including phenoxy) is 1. The maximum atomic E-state index is 5.58. The molecular formula is C11H17NO2. The lowest BCUT2D eigenvalue weighted by Crippen LogP contribution is -2.25. The number of hydrogen-bond donors (Lipinski definition) is 1. The molecule has 0 spiro atoms. The van der Waals surface area contributed by atoms with Gasteiger partial charge in [-0.25, -0.2) is 0 Å². The molecule has 0 radical (unpaired) electrons. The molecule has 1 aliphatic rings. The number of hydrogen-bond acceptors (Lipinski definition) is 3. The SMILES string of the molecule is CNC(c1ccoc1)C1COC(C)C1. The molecule has 1 saturated heterocycles. The first kappa shape index (κ1) is 9.74. The molecular weight excluding hydrogens is 178 g/mol. The van der Waals surface area contributed by atoms with Gasteiger partial charge in [-0.1, -0.05) is 0 Å². The summed E-state index contributed by atoms with van der Waals surface area (Å²) in [6.45, 7) is 2.97. The number of rotatable bonds is 3. The first-order chi connectivity index (χ1) is 6.81. The maximum absolute atomic E-state index is 5.58. The van der Waals surface area contributed by atoms with E-state index in [0.29, 0.717) is 18.1 Å². The molecule has 1 aromatic heterocycles. The molecule has 0 saturated carbocycles. The molecule has 0 amide bonds. The first-order valence-corrected chi connectivity index (χ1v) is 5.12. The van der Waals surface area contributed by atoms with Gasteiger partial charge in [-0.05, 0) is 26.5 Å². The van der Waals surface area contributed by atoms with Gasteiger partial charge in [-0.3, -0.25) is 0 Å². The molecule has 1 fully saturated rings. The Hall–Kier alpha value is -0.800. The van der Waals surface area contributed by atoms with Crippen LogP contribution in [0.5, 0.6) is 0 Å². The van der Waals surface area contributed by atoms with Gasteiger partial charge in [-0.2, -0.15) is 0 Å². The van der Waals surface area contributed by atoms with E-state index in [1.807, 2.05) is 19.4 Å². The molecule has 3 heteroatoms. The highest BCUT2D eigenvalue weighted by molar-refractivity contribution is 5.13. The molecule has 0 aromatic carbocycles. The third-order valence-corrected chi connectivity index (χ3v) is 2.91. The molecule has 2 heterocycles. The average molecular weight is 195 g/mol. The molecule has 3 unspecified atom stereocenters. The highest BCUT2D eigenvalue weighted by Gasteiger charge is 2.29. The summed E-state index contributed by atoms with van der Waals surface area (Å²) in [5.41, 5.74) is 1.22. The average Bonchev–Trinajstić information content (AvgIpc) is 2.79. The van der Waals surface area contributed by atoms with Crippen molar-refractivity contribution >= 4 is 0 Å². The van der Waals surface area contributed by atoms with Crippen LogP contribution >= 0.6 is 0 Å². The van der Waals surface area contributed by atoms with Gasteiger partial charge in [0.1, 0.15) is 0 Å². The van der Waals surface area contributed by atoms with E-state index in [0.717, 1.165) is 13.0 Å². The Morgan fingerprint density at radius 1 is 1.57 bits per heavy atom. The topological polar surface area (TPSA) is 34.4 Å². The second-order valence-electron chi connectivity index (χ2n) is 3.96. The highest BCUT2D eigenvalue weighted by Crippen LogP contribution is 2.31. The first-order valence-electron chi connectivity index (χ1n) is 5.12. The Labute approximate surface area is 84.4 Å². The Morgan fingerprint density at radius 3 is 2.93 bits per heavy atom. The summed E-state index contributed by atoms with van der Waals surface area (Å²) < 4.78 is 10.7. The molecule has 3 atom stereocenters. The van der Waals surface area contributed by atoms with Crippen molar-refractivity contribution in [3.8, 4) is 0 Å². The van der Waals surface area contributed by atoms with Gasteiger partial charge in [-0.15, -0.1) is 0 Å². The fraction of sp³-hybridized carbons (Fsp3) is 0.636. The van der Waals surface area contributed by atoms with Gasteiger partial charge in [0.15, 0.2) is 0 Å². The minimum atomic E-state index is 0.360. The van der Waals surface area contributed by atoms with E-state index >= 15 is 0 Å². The summed E-state index contributed by atoms with van der Waals surface area (Å²) in [5, 5.41) is 3.33. The van der Waals surface area contributed by atoms with Gasteiger partial charge in [0.05, 0.1) is 25.2 Å². The Kier molecular flexibility index (Phi) is 2.89. The van der Waals surface area contributed by atoms with Crippen LogP contribution in [-0.4, -0.2) is 19.8 Å². The number of furan rings is 1. The summed E-state index contributed by atoms with van der Waals surface area (Å²) in [6, 6.07) is 2.38. The van der Waals surface area contributed by atoms with Crippen LogP contribution in [0.15, 0.2) is 23.0 Å². The van der Waals surface area contributed by atoms with Crippen molar-refractivity contribution in [1.82, 2.24) is 5.32 Å². The van der Waals surface area contributed by atoms with Crippen LogP contribution < -0.4 is 5.32 Å². The van der Waals surface area contributed by atoms with Crippen LogP contribution in [0.3, 0.4) is 0 Å². The zero-order valence-corrected chi connectivity index (χ0v) is 8.69. The lowest BCUT2D eigenvalue weighted by atomic mass is 9.93. The zero-order chi connectivity index (χ0) is 9.97. The van der Waals surface area contributed by atoms with Crippen molar-refractivity contribution in [3.05, 3.63) is 24.2 Å². The standard InChI is InChI=1S/C11H17NO2/c1-8-5-10(7-14-8)11(12-2)9-3-4-13-6-9/h3-4,6,8,10-12H,5,7H2,1-2H3. The molecule has 14 heavy (non-hydrogen) atoms. The fourth-order valence-electron chi connectivity index (χ4n) is 2.21. The predicted molar refractivity (Wildman–Crippen MR) is 54.0 cm³/mol. The molecule has 1 N–H and O–H groups in total. The summed E-state index contributed by atoms with van der Waals surface area (Å²) in [6.07, 6.45) is 5.04. The lowest BCUT2D eigenvalue weighted by Gasteiger charge is -2.20. The zero-order valence-electron chi connectivity index (χ0n) is 8.69. The van der Waals surface area contributed by atoms with Crippen molar-refractivity contribution < 1.29 is 9.15 Å². The fourth-order valence-corrected chi connectivity index (χ4v) is 2.21. The van der Waals surface area contributed by atoms with Gasteiger partial charge in [0.25, 0.3) is 0 Å². The monoisotopic (exact) mass is 195 g/mol. The van der Waals surface area contributed by atoms with Crippen molar-refractivity contribution in [1.29, 1.82) is 0 Å². The minimum Gasteiger partial charge on any atom is -0.472 e. The summed E-state index contributed by atoms with van der Waals surface area (Å²) in [5.74, 6) is 0.563. The van der Waals surface area contributed by atoms with Crippen molar-refractivity contribution in [3.63, 3.8) is 0 Å². The van der Waals surface area contributed by atoms with Gasteiger partial charge in [0, 0.05) is 17.5 Å². The van der Waals surface area contributed by atoms with Crippen molar-refractivity contribution in [2.24, 2.45) is 5.92 Å².